The van der Waals surface area contributed by atoms with Gasteiger partial charge in [0.05, 0.1) is 12.3 Å². The predicted molar refractivity (Wildman–Crippen MR) is 46.4 cm³/mol. The topological polar surface area (TPSA) is 46.0 Å². The van der Waals surface area contributed by atoms with Crippen LogP contribution in [0.1, 0.15) is 31.9 Å². The van der Waals surface area contributed by atoms with Gasteiger partial charge < -0.3 is 5.11 Å². The fourth-order valence-corrected chi connectivity index (χ4v) is 1.03. The highest BCUT2D eigenvalue weighted by molar-refractivity contribution is 5.09. The molecule has 0 bridgehead atoms. The molecule has 12 heavy (non-hydrogen) atoms. The number of nitrogens with zero attached hydrogens (tertiary/aromatic N) is 2. The smallest absolute Gasteiger partial charge is 0.0831 e. The molecule has 2 unspecified atom stereocenters. The molecule has 2 atom stereocenters. The first-order valence-corrected chi connectivity index (χ1v) is 4.20. The van der Waals surface area contributed by atoms with Gasteiger partial charge in [-0.3, -0.25) is 0 Å². The van der Waals surface area contributed by atoms with Crippen LogP contribution in [0, 0.1) is 5.92 Å². The predicted octanol–water partition coefficient (Wildman–Crippen LogP) is 1.56. The molecule has 0 aromatic carbocycles. The van der Waals surface area contributed by atoms with Crippen molar-refractivity contribution in [2.45, 2.75) is 26.4 Å². The van der Waals surface area contributed by atoms with E-state index in [1.165, 1.54) is 0 Å². The van der Waals surface area contributed by atoms with Gasteiger partial charge >= 0.3 is 0 Å². The lowest BCUT2D eigenvalue weighted by Gasteiger charge is -2.16. The van der Waals surface area contributed by atoms with Gasteiger partial charge in [0, 0.05) is 11.8 Å². The second kappa shape index (κ2) is 4.16. The van der Waals surface area contributed by atoms with E-state index in [9.17, 15) is 5.11 Å². The maximum atomic E-state index is 9.72. The summed E-state index contributed by atoms with van der Waals surface area (Å²) in [6.07, 6.45) is 3.76. The molecule has 0 fully saturated rings. The zero-order chi connectivity index (χ0) is 8.97. The third kappa shape index (κ3) is 2.01. The van der Waals surface area contributed by atoms with Gasteiger partial charge in [0.2, 0.25) is 0 Å². The van der Waals surface area contributed by atoms with Crippen LogP contribution in [0.25, 0.3) is 0 Å². The van der Waals surface area contributed by atoms with E-state index in [-0.39, 0.29) is 5.92 Å². The van der Waals surface area contributed by atoms with Crippen molar-refractivity contribution >= 4 is 0 Å². The largest absolute Gasteiger partial charge is 0.388 e. The van der Waals surface area contributed by atoms with Gasteiger partial charge in [-0.15, -0.1) is 0 Å². The lowest BCUT2D eigenvalue weighted by atomic mass is 9.97. The molecular formula is C9H14N2O. The van der Waals surface area contributed by atoms with E-state index >= 15 is 0 Å². The Bertz CT molecular complexity index is 225. The Morgan fingerprint density at radius 2 is 2.25 bits per heavy atom. The Kier molecular flexibility index (Phi) is 3.17. The maximum absolute atomic E-state index is 9.72. The number of aliphatic hydroxyl groups is 1. The third-order valence-electron chi connectivity index (χ3n) is 2.13. The first-order valence-electron chi connectivity index (χ1n) is 4.20. The highest BCUT2D eigenvalue weighted by Gasteiger charge is 2.13. The Hall–Kier alpha value is -0.960. The average Bonchev–Trinajstić information content (AvgIpc) is 2.17. The monoisotopic (exact) mass is 166 g/mol. The highest BCUT2D eigenvalue weighted by Crippen LogP contribution is 2.22. The van der Waals surface area contributed by atoms with Crippen molar-refractivity contribution in [3.05, 3.63) is 24.0 Å². The van der Waals surface area contributed by atoms with E-state index in [0.717, 1.165) is 12.0 Å². The van der Waals surface area contributed by atoms with Crippen molar-refractivity contribution in [1.29, 1.82) is 0 Å². The van der Waals surface area contributed by atoms with E-state index < -0.39 is 6.10 Å². The van der Waals surface area contributed by atoms with Crippen LogP contribution in [-0.2, 0) is 0 Å². The van der Waals surface area contributed by atoms with Crippen LogP contribution in [0.3, 0.4) is 0 Å². The Morgan fingerprint density at radius 3 is 2.75 bits per heavy atom. The summed E-state index contributed by atoms with van der Waals surface area (Å²) < 4.78 is 0. The SMILES string of the molecule is CCC(C)C(O)c1ccnnc1. The summed E-state index contributed by atoms with van der Waals surface area (Å²) >= 11 is 0. The molecule has 66 valence electrons. The number of hydrogen-bond donors (Lipinski definition) is 1. The van der Waals surface area contributed by atoms with Gasteiger partial charge in [0.25, 0.3) is 0 Å². The van der Waals surface area contributed by atoms with E-state index in [0.29, 0.717) is 0 Å². The molecule has 0 aliphatic heterocycles. The molecule has 0 radical (unpaired) electrons. The molecule has 0 saturated carbocycles. The zero-order valence-corrected chi connectivity index (χ0v) is 7.44. The van der Waals surface area contributed by atoms with Gasteiger partial charge in [-0.25, -0.2) is 0 Å². The molecule has 0 amide bonds. The van der Waals surface area contributed by atoms with Crippen LogP contribution < -0.4 is 0 Å². The Balaban J connectivity index is 2.71. The standard InChI is InChI=1S/C9H14N2O/c1-3-7(2)9(12)8-4-5-10-11-6-8/h4-7,9,12H,3H2,1-2H3. The Morgan fingerprint density at radius 1 is 1.50 bits per heavy atom. The second-order valence-corrected chi connectivity index (χ2v) is 3.01. The van der Waals surface area contributed by atoms with Crippen molar-refractivity contribution in [2.24, 2.45) is 5.92 Å². The molecule has 0 spiro atoms. The number of hydrogen-bond acceptors (Lipinski definition) is 3. The summed E-state index contributed by atoms with van der Waals surface area (Å²) in [6.45, 7) is 4.08. The molecule has 0 aliphatic carbocycles. The number of aliphatic hydroxyl groups excluding tert-OH is 1. The molecule has 1 aromatic heterocycles. The summed E-state index contributed by atoms with van der Waals surface area (Å²) in [5.74, 6) is 0.272. The normalized spacial score (nSPS) is 15.6. The van der Waals surface area contributed by atoms with E-state index in [1.54, 1.807) is 18.5 Å². The highest BCUT2D eigenvalue weighted by atomic mass is 16.3. The summed E-state index contributed by atoms with van der Waals surface area (Å²) in [6, 6.07) is 1.80. The number of aromatic nitrogens is 2. The molecule has 1 aromatic rings. The summed E-state index contributed by atoms with van der Waals surface area (Å²) in [5.41, 5.74) is 0.847. The number of rotatable bonds is 3. The Labute approximate surface area is 72.5 Å². The zero-order valence-electron chi connectivity index (χ0n) is 7.44. The van der Waals surface area contributed by atoms with Crippen LogP contribution in [0.4, 0.5) is 0 Å². The van der Waals surface area contributed by atoms with Crippen LogP contribution in [0.5, 0.6) is 0 Å². The summed E-state index contributed by atoms with van der Waals surface area (Å²) in [7, 11) is 0. The molecule has 3 nitrogen and oxygen atoms in total. The summed E-state index contributed by atoms with van der Waals surface area (Å²) in [5, 5.41) is 17.1. The first kappa shape index (κ1) is 9.13. The van der Waals surface area contributed by atoms with E-state index in [4.69, 9.17) is 0 Å². The lowest BCUT2D eigenvalue weighted by molar-refractivity contribution is 0.115. The molecule has 1 rings (SSSR count). The van der Waals surface area contributed by atoms with Gasteiger partial charge in [0.15, 0.2) is 0 Å². The second-order valence-electron chi connectivity index (χ2n) is 3.01. The summed E-state index contributed by atoms with van der Waals surface area (Å²) in [4.78, 5) is 0. The van der Waals surface area contributed by atoms with Gasteiger partial charge in [0.1, 0.15) is 0 Å². The van der Waals surface area contributed by atoms with Crippen molar-refractivity contribution in [1.82, 2.24) is 10.2 Å². The fraction of sp³-hybridized carbons (Fsp3) is 0.556. The molecule has 1 N–H and O–H groups in total. The molecule has 1 heterocycles. The van der Waals surface area contributed by atoms with E-state index in [1.807, 2.05) is 6.92 Å². The van der Waals surface area contributed by atoms with Crippen molar-refractivity contribution in [3.63, 3.8) is 0 Å². The molecule has 0 aliphatic rings. The third-order valence-corrected chi connectivity index (χ3v) is 2.13. The van der Waals surface area contributed by atoms with Crippen LogP contribution in [-0.4, -0.2) is 15.3 Å². The van der Waals surface area contributed by atoms with Crippen molar-refractivity contribution in [2.75, 3.05) is 0 Å². The quantitative estimate of drug-likeness (QED) is 0.741. The molecular weight excluding hydrogens is 152 g/mol. The average molecular weight is 166 g/mol. The fourth-order valence-electron chi connectivity index (χ4n) is 1.03. The minimum Gasteiger partial charge on any atom is -0.388 e. The maximum Gasteiger partial charge on any atom is 0.0831 e. The van der Waals surface area contributed by atoms with Gasteiger partial charge in [-0.2, -0.15) is 10.2 Å². The minimum atomic E-state index is -0.412. The van der Waals surface area contributed by atoms with Crippen LogP contribution >= 0.6 is 0 Å². The lowest BCUT2D eigenvalue weighted by Crippen LogP contribution is -2.08. The molecule has 0 saturated heterocycles. The first-order chi connectivity index (χ1) is 5.75. The van der Waals surface area contributed by atoms with Crippen LogP contribution in [0.2, 0.25) is 0 Å². The van der Waals surface area contributed by atoms with E-state index in [2.05, 4.69) is 17.1 Å². The van der Waals surface area contributed by atoms with Gasteiger partial charge in [-0.1, -0.05) is 20.3 Å². The minimum absolute atomic E-state index is 0.272. The molecule has 3 heteroatoms. The van der Waals surface area contributed by atoms with Crippen molar-refractivity contribution in [3.8, 4) is 0 Å². The van der Waals surface area contributed by atoms with Crippen LogP contribution in [0.15, 0.2) is 18.5 Å². The van der Waals surface area contributed by atoms with Crippen molar-refractivity contribution < 1.29 is 5.11 Å². The van der Waals surface area contributed by atoms with Gasteiger partial charge in [-0.05, 0) is 12.0 Å².